The zero-order valence-corrected chi connectivity index (χ0v) is 12.5. The Labute approximate surface area is 120 Å². The third-order valence-corrected chi connectivity index (χ3v) is 4.48. The van der Waals surface area contributed by atoms with Crippen LogP contribution in [0.15, 0.2) is 45.9 Å². The Bertz CT molecular complexity index is 717. The minimum absolute atomic E-state index is 0.0772. The summed E-state index contributed by atoms with van der Waals surface area (Å²) < 4.78 is 27.6. The molecule has 0 atom stereocenters. The van der Waals surface area contributed by atoms with Gasteiger partial charge in [-0.2, -0.15) is 0 Å². The van der Waals surface area contributed by atoms with Gasteiger partial charge in [0, 0.05) is 16.7 Å². The van der Waals surface area contributed by atoms with E-state index < -0.39 is 10.0 Å². The molecule has 0 amide bonds. The monoisotopic (exact) mass is 341 g/mol. The highest BCUT2D eigenvalue weighted by molar-refractivity contribution is 9.10. The third-order valence-electron chi connectivity index (χ3n) is 2.43. The fourth-order valence-corrected chi connectivity index (χ4v) is 3.09. The van der Waals surface area contributed by atoms with Crippen LogP contribution in [0.3, 0.4) is 0 Å². The van der Waals surface area contributed by atoms with Crippen molar-refractivity contribution >= 4 is 37.5 Å². The van der Waals surface area contributed by atoms with E-state index in [9.17, 15) is 8.42 Å². The van der Waals surface area contributed by atoms with Crippen LogP contribution in [0.2, 0.25) is 0 Å². The van der Waals surface area contributed by atoms with Gasteiger partial charge in [0.15, 0.2) is 0 Å². The molecule has 5 nitrogen and oxygen atoms in total. The number of hydrogen-bond donors (Lipinski definition) is 2. The second-order valence-corrected chi connectivity index (χ2v) is 6.54. The number of sulfonamides is 1. The Hall–Kier alpha value is -1.60. The number of anilines is 2. The van der Waals surface area contributed by atoms with Gasteiger partial charge in [-0.1, -0.05) is 6.07 Å². The molecular weight excluding hydrogens is 330 g/mol. The van der Waals surface area contributed by atoms with Crippen LogP contribution in [0.25, 0.3) is 0 Å². The van der Waals surface area contributed by atoms with Gasteiger partial charge < -0.3 is 5.73 Å². The molecule has 1 aromatic carbocycles. The SMILES string of the molecule is Cc1ccc(Br)c(NS(=O)(=O)c2ccnc(N)c2)c1. The summed E-state index contributed by atoms with van der Waals surface area (Å²) in [5, 5.41) is 0. The maximum atomic E-state index is 12.2. The van der Waals surface area contributed by atoms with E-state index in [0.717, 1.165) is 5.56 Å². The molecule has 0 unspecified atom stereocenters. The quantitative estimate of drug-likeness (QED) is 0.898. The molecule has 0 aliphatic rings. The summed E-state index contributed by atoms with van der Waals surface area (Å²) in [6.07, 6.45) is 1.36. The van der Waals surface area contributed by atoms with Crippen LogP contribution >= 0.6 is 15.9 Å². The highest BCUT2D eigenvalue weighted by Crippen LogP contribution is 2.26. The standard InChI is InChI=1S/C12H12BrN3O2S/c1-8-2-3-10(13)11(6-8)16-19(17,18)9-4-5-15-12(14)7-9/h2-7,16H,1H3,(H2,14,15). The van der Waals surface area contributed by atoms with Crippen molar-refractivity contribution in [2.45, 2.75) is 11.8 Å². The molecule has 0 saturated heterocycles. The predicted molar refractivity (Wildman–Crippen MR) is 78.3 cm³/mol. The molecule has 0 aliphatic carbocycles. The van der Waals surface area contributed by atoms with Crippen molar-refractivity contribution in [2.24, 2.45) is 0 Å². The Morgan fingerprint density at radius 1 is 1.26 bits per heavy atom. The number of aryl methyl sites for hydroxylation is 1. The fraction of sp³-hybridized carbons (Fsp3) is 0.0833. The Morgan fingerprint density at radius 2 is 2.00 bits per heavy atom. The lowest BCUT2D eigenvalue weighted by Crippen LogP contribution is -2.14. The number of halogens is 1. The van der Waals surface area contributed by atoms with Crippen LogP contribution in [-0.2, 0) is 10.0 Å². The molecule has 0 saturated carbocycles. The third kappa shape index (κ3) is 3.24. The minimum Gasteiger partial charge on any atom is -0.384 e. The first-order valence-corrected chi connectivity index (χ1v) is 7.66. The molecule has 1 heterocycles. The van der Waals surface area contributed by atoms with Gasteiger partial charge in [-0.15, -0.1) is 0 Å². The summed E-state index contributed by atoms with van der Waals surface area (Å²) in [5.74, 6) is 0.159. The summed E-state index contributed by atoms with van der Waals surface area (Å²) in [6, 6.07) is 8.11. The molecule has 1 aromatic heterocycles. The maximum absolute atomic E-state index is 12.2. The van der Waals surface area contributed by atoms with Crippen LogP contribution in [0.1, 0.15) is 5.56 Å². The Balaban J connectivity index is 2.39. The van der Waals surface area contributed by atoms with Gasteiger partial charge in [-0.05, 0) is 46.6 Å². The van der Waals surface area contributed by atoms with Crippen molar-refractivity contribution in [3.63, 3.8) is 0 Å². The van der Waals surface area contributed by atoms with Gasteiger partial charge in [0.2, 0.25) is 0 Å². The summed E-state index contributed by atoms with van der Waals surface area (Å²) >= 11 is 3.31. The molecule has 0 bridgehead atoms. The number of nitrogens with one attached hydrogen (secondary N) is 1. The smallest absolute Gasteiger partial charge is 0.262 e. The molecule has 3 N–H and O–H groups in total. The van der Waals surface area contributed by atoms with E-state index in [-0.39, 0.29) is 10.7 Å². The maximum Gasteiger partial charge on any atom is 0.262 e. The van der Waals surface area contributed by atoms with Crippen molar-refractivity contribution in [1.82, 2.24) is 4.98 Å². The number of benzene rings is 1. The van der Waals surface area contributed by atoms with Crippen LogP contribution in [0.4, 0.5) is 11.5 Å². The van der Waals surface area contributed by atoms with Crippen molar-refractivity contribution < 1.29 is 8.42 Å². The van der Waals surface area contributed by atoms with Crippen molar-refractivity contribution in [1.29, 1.82) is 0 Å². The van der Waals surface area contributed by atoms with Crippen molar-refractivity contribution in [3.8, 4) is 0 Å². The van der Waals surface area contributed by atoms with E-state index in [1.165, 1.54) is 18.3 Å². The number of nitrogen functional groups attached to an aromatic ring is 1. The van der Waals surface area contributed by atoms with Crippen LogP contribution in [0, 0.1) is 6.92 Å². The van der Waals surface area contributed by atoms with Gasteiger partial charge in [0.1, 0.15) is 5.82 Å². The zero-order valence-electron chi connectivity index (χ0n) is 10.1. The first kappa shape index (κ1) is 13.8. The summed E-state index contributed by atoms with van der Waals surface area (Å²) in [7, 11) is -3.68. The van der Waals surface area contributed by atoms with E-state index in [1.807, 2.05) is 13.0 Å². The van der Waals surface area contributed by atoms with Crippen molar-refractivity contribution in [2.75, 3.05) is 10.5 Å². The number of hydrogen-bond acceptors (Lipinski definition) is 4. The molecular formula is C12H12BrN3O2S. The second-order valence-electron chi connectivity index (χ2n) is 4.01. The molecule has 7 heteroatoms. The average Bonchev–Trinajstić information content (AvgIpc) is 2.33. The molecule has 2 aromatic rings. The highest BCUT2D eigenvalue weighted by Gasteiger charge is 2.16. The second kappa shape index (κ2) is 5.18. The lowest BCUT2D eigenvalue weighted by molar-refractivity contribution is 0.601. The topological polar surface area (TPSA) is 85.1 Å². The summed E-state index contributed by atoms with van der Waals surface area (Å²) in [5.41, 5.74) is 6.93. The Morgan fingerprint density at radius 3 is 2.68 bits per heavy atom. The molecule has 100 valence electrons. The molecule has 0 fully saturated rings. The first-order valence-electron chi connectivity index (χ1n) is 5.39. The molecule has 0 spiro atoms. The van der Waals surface area contributed by atoms with Gasteiger partial charge in [0.05, 0.1) is 10.6 Å². The largest absolute Gasteiger partial charge is 0.384 e. The fourth-order valence-electron chi connectivity index (χ4n) is 1.52. The van der Waals surface area contributed by atoms with E-state index in [1.54, 1.807) is 12.1 Å². The lowest BCUT2D eigenvalue weighted by Gasteiger charge is -2.10. The van der Waals surface area contributed by atoms with Gasteiger partial charge in [-0.3, -0.25) is 4.72 Å². The van der Waals surface area contributed by atoms with E-state index >= 15 is 0 Å². The number of nitrogens with two attached hydrogens (primary N) is 1. The predicted octanol–water partition coefficient (Wildman–Crippen LogP) is 2.54. The molecule has 0 radical (unpaired) electrons. The number of nitrogens with zero attached hydrogens (tertiary/aromatic N) is 1. The first-order chi connectivity index (χ1) is 8.88. The molecule has 19 heavy (non-hydrogen) atoms. The van der Waals surface area contributed by atoms with Gasteiger partial charge in [0.25, 0.3) is 10.0 Å². The Kier molecular flexibility index (Phi) is 3.77. The van der Waals surface area contributed by atoms with E-state index in [2.05, 4.69) is 25.6 Å². The average molecular weight is 342 g/mol. The number of rotatable bonds is 3. The van der Waals surface area contributed by atoms with Gasteiger partial charge in [-0.25, -0.2) is 13.4 Å². The molecule has 2 rings (SSSR count). The molecule has 0 aliphatic heterocycles. The number of pyridine rings is 1. The van der Waals surface area contributed by atoms with Gasteiger partial charge >= 0.3 is 0 Å². The van der Waals surface area contributed by atoms with Crippen molar-refractivity contribution in [3.05, 3.63) is 46.6 Å². The zero-order chi connectivity index (χ0) is 14.0. The normalized spacial score (nSPS) is 11.3. The van der Waals surface area contributed by atoms with Crippen LogP contribution in [-0.4, -0.2) is 13.4 Å². The van der Waals surface area contributed by atoms with E-state index in [0.29, 0.717) is 10.2 Å². The lowest BCUT2D eigenvalue weighted by atomic mass is 10.2. The minimum atomic E-state index is -3.68. The van der Waals surface area contributed by atoms with Crippen LogP contribution in [0.5, 0.6) is 0 Å². The number of aromatic nitrogens is 1. The highest BCUT2D eigenvalue weighted by atomic mass is 79.9. The summed E-state index contributed by atoms with van der Waals surface area (Å²) in [6.45, 7) is 1.88. The summed E-state index contributed by atoms with van der Waals surface area (Å²) in [4.78, 5) is 3.85. The van der Waals surface area contributed by atoms with E-state index in [4.69, 9.17) is 5.73 Å². The van der Waals surface area contributed by atoms with Crippen LogP contribution < -0.4 is 10.5 Å².